The fraction of sp³-hybridized carbons (Fsp3) is 0.684. The standard InChI is InChI=1S/C19H34N8S.HI/c1-5-18-24-23-15-26(18)12-10-22-19(21-9-7-13-28-4)20-8-6-11-27-17(3)14-16(2)25-27;/h14-15H,5-13H2,1-4H3,(H2,20,21,22);1H. The molecule has 8 nitrogen and oxygen atoms in total. The Hall–Kier alpha value is -1.30. The number of thioether (sulfide) groups is 1. The molecule has 10 heteroatoms. The van der Waals surface area contributed by atoms with Crippen LogP contribution in [0.1, 0.15) is 37.0 Å². The topological polar surface area (TPSA) is 85.0 Å². The average Bonchev–Trinajstić information content (AvgIpc) is 3.26. The molecule has 0 saturated carbocycles. The summed E-state index contributed by atoms with van der Waals surface area (Å²) in [6, 6.07) is 2.11. The molecule has 2 N–H and O–H groups in total. The van der Waals surface area contributed by atoms with Gasteiger partial charge in [-0.3, -0.25) is 9.67 Å². The number of aromatic nitrogens is 5. The third-order valence-corrected chi connectivity index (χ3v) is 5.07. The lowest BCUT2D eigenvalue weighted by molar-refractivity contribution is 0.566. The van der Waals surface area contributed by atoms with Crippen molar-refractivity contribution in [2.45, 2.75) is 53.1 Å². The highest BCUT2D eigenvalue weighted by Crippen LogP contribution is 2.02. The van der Waals surface area contributed by atoms with Crippen molar-refractivity contribution < 1.29 is 0 Å². The number of guanidine groups is 1. The first kappa shape index (κ1) is 25.7. The Bertz CT molecular complexity index is 728. The first-order valence-electron chi connectivity index (χ1n) is 10.0. The van der Waals surface area contributed by atoms with E-state index >= 15 is 0 Å². The van der Waals surface area contributed by atoms with Gasteiger partial charge in [-0.05, 0) is 44.8 Å². The molecule has 0 unspecified atom stereocenters. The molecule has 2 aromatic heterocycles. The van der Waals surface area contributed by atoms with Gasteiger partial charge in [0.15, 0.2) is 5.96 Å². The van der Waals surface area contributed by atoms with Crippen molar-refractivity contribution in [3.8, 4) is 0 Å². The number of aryl methyl sites for hydroxylation is 4. The lowest BCUT2D eigenvalue weighted by Crippen LogP contribution is -2.39. The van der Waals surface area contributed by atoms with Gasteiger partial charge in [0.1, 0.15) is 12.2 Å². The molecule has 0 spiro atoms. The summed E-state index contributed by atoms with van der Waals surface area (Å²) in [5.41, 5.74) is 2.27. The number of nitrogens with one attached hydrogen (secondary N) is 2. The maximum atomic E-state index is 4.74. The molecule has 164 valence electrons. The molecular formula is C19H35IN8S. The zero-order chi connectivity index (χ0) is 20.2. The van der Waals surface area contributed by atoms with Gasteiger partial charge < -0.3 is 15.2 Å². The summed E-state index contributed by atoms with van der Waals surface area (Å²) in [5.74, 6) is 3.04. The number of hydrogen-bond donors (Lipinski definition) is 2. The molecule has 0 atom stereocenters. The van der Waals surface area contributed by atoms with E-state index in [-0.39, 0.29) is 24.0 Å². The molecule has 2 heterocycles. The van der Waals surface area contributed by atoms with Crippen molar-refractivity contribution in [2.75, 3.05) is 31.6 Å². The fourth-order valence-corrected chi connectivity index (χ4v) is 3.38. The highest BCUT2D eigenvalue weighted by atomic mass is 127. The van der Waals surface area contributed by atoms with Gasteiger partial charge in [0.05, 0.1) is 5.69 Å². The number of nitrogens with zero attached hydrogens (tertiary/aromatic N) is 6. The Morgan fingerprint density at radius 1 is 1.17 bits per heavy atom. The van der Waals surface area contributed by atoms with E-state index in [1.54, 1.807) is 6.33 Å². The predicted octanol–water partition coefficient (Wildman–Crippen LogP) is 2.65. The summed E-state index contributed by atoms with van der Waals surface area (Å²) in [6.07, 6.45) is 6.90. The monoisotopic (exact) mass is 534 g/mol. The molecule has 0 aromatic carbocycles. The molecule has 0 amide bonds. The van der Waals surface area contributed by atoms with Crippen LogP contribution >= 0.6 is 35.7 Å². The lowest BCUT2D eigenvalue weighted by Gasteiger charge is -2.13. The zero-order valence-corrected chi connectivity index (χ0v) is 21.2. The number of aliphatic imine (C=N–C) groups is 1. The van der Waals surface area contributed by atoms with Crippen molar-refractivity contribution in [2.24, 2.45) is 4.99 Å². The molecule has 0 fully saturated rings. The van der Waals surface area contributed by atoms with Crippen molar-refractivity contribution in [3.05, 3.63) is 29.6 Å². The average molecular weight is 535 g/mol. The highest BCUT2D eigenvalue weighted by Gasteiger charge is 2.03. The molecule has 0 bridgehead atoms. The summed E-state index contributed by atoms with van der Waals surface area (Å²) in [5, 5.41) is 19.5. The smallest absolute Gasteiger partial charge is 0.191 e. The minimum absolute atomic E-state index is 0. The zero-order valence-electron chi connectivity index (χ0n) is 18.0. The van der Waals surface area contributed by atoms with Crippen molar-refractivity contribution in [3.63, 3.8) is 0 Å². The van der Waals surface area contributed by atoms with E-state index in [1.807, 2.05) is 18.7 Å². The molecule has 0 aliphatic rings. The maximum Gasteiger partial charge on any atom is 0.191 e. The van der Waals surface area contributed by atoms with E-state index in [0.29, 0.717) is 0 Å². The van der Waals surface area contributed by atoms with Gasteiger partial charge in [-0.25, -0.2) is 0 Å². The molecule has 2 aromatic rings. The van der Waals surface area contributed by atoms with E-state index in [1.165, 1.54) is 5.69 Å². The molecule has 29 heavy (non-hydrogen) atoms. The second-order valence-corrected chi connectivity index (χ2v) is 7.71. The van der Waals surface area contributed by atoms with Crippen LogP contribution in [0.4, 0.5) is 0 Å². The maximum absolute atomic E-state index is 4.74. The second-order valence-electron chi connectivity index (χ2n) is 6.73. The van der Waals surface area contributed by atoms with E-state index in [9.17, 15) is 0 Å². The van der Waals surface area contributed by atoms with E-state index in [2.05, 4.69) is 61.3 Å². The molecule has 0 aliphatic carbocycles. The largest absolute Gasteiger partial charge is 0.356 e. The third-order valence-electron chi connectivity index (χ3n) is 4.38. The van der Waals surface area contributed by atoms with Crippen LogP contribution in [0.3, 0.4) is 0 Å². The Morgan fingerprint density at radius 2 is 1.97 bits per heavy atom. The lowest BCUT2D eigenvalue weighted by atomic mass is 10.4. The molecular weight excluding hydrogens is 499 g/mol. The van der Waals surface area contributed by atoms with E-state index in [4.69, 9.17) is 4.99 Å². The van der Waals surface area contributed by atoms with Crippen LogP contribution in [0, 0.1) is 13.8 Å². The SMILES string of the molecule is CCc1nncn1CCNC(=NCCCn1nc(C)cc1C)NCCCSC.I. The minimum Gasteiger partial charge on any atom is -0.356 e. The van der Waals surface area contributed by atoms with Crippen LogP contribution in [0.5, 0.6) is 0 Å². The Kier molecular flexibility index (Phi) is 13.0. The summed E-state index contributed by atoms with van der Waals surface area (Å²) < 4.78 is 4.14. The summed E-state index contributed by atoms with van der Waals surface area (Å²) in [7, 11) is 0. The first-order valence-corrected chi connectivity index (χ1v) is 11.4. The van der Waals surface area contributed by atoms with Crippen LogP contribution < -0.4 is 10.6 Å². The third kappa shape index (κ3) is 9.37. The fourth-order valence-electron chi connectivity index (χ4n) is 2.94. The van der Waals surface area contributed by atoms with Gasteiger partial charge in [-0.2, -0.15) is 16.9 Å². The van der Waals surface area contributed by atoms with E-state index < -0.39 is 0 Å². The van der Waals surface area contributed by atoms with Crippen LogP contribution in [0.2, 0.25) is 0 Å². The number of rotatable bonds is 12. The van der Waals surface area contributed by atoms with Crippen LogP contribution in [0.15, 0.2) is 17.4 Å². The summed E-state index contributed by atoms with van der Waals surface area (Å²) in [4.78, 5) is 4.74. The molecule has 2 rings (SSSR count). The Labute approximate surface area is 195 Å². The Morgan fingerprint density at radius 3 is 2.66 bits per heavy atom. The Balaban J connectivity index is 0.00000420. The van der Waals surface area contributed by atoms with Crippen LogP contribution in [0.25, 0.3) is 0 Å². The van der Waals surface area contributed by atoms with Crippen molar-refractivity contribution in [1.82, 2.24) is 35.2 Å². The quantitative estimate of drug-likeness (QED) is 0.189. The van der Waals surface area contributed by atoms with Crippen molar-refractivity contribution >= 4 is 41.7 Å². The summed E-state index contributed by atoms with van der Waals surface area (Å²) >= 11 is 1.87. The first-order chi connectivity index (χ1) is 13.6. The van der Waals surface area contributed by atoms with Gasteiger partial charge in [-0.1, -0.05) is 6.92 Å². The highest BCUT2D eigenvalue weighted by molar-refractivity contribution is 14.0. The minimum atomic E-state index is 0. The molecule has 0 saturated heterocycles. The number of hydrogen-bond acceptors (Lipinski definition) is 5. The summed E-state index contributed by atoms with van der Waals surface area (Å²) in [6.45, 7) is 10.4. The van der Waals surface area contributed by atoms with Crippen molar-refractivity contribution in [1.29, 1.82) is 0 Å². The van der Waals surface area contributed by atoms with Crippen LogP contribution in [-0.2, 0) is 19.5 Å². The van der Waals surface area contributed by atoms with Gasteiger partial charge >= 0.3 is 0 Å². The second kappa shape index (κ2) is 14.6. The van der Waals surface area contributed by atoms with Gasteiger partial charge in [-0.15, -0.1) is 34.2 Å². The number of halogens is 1. The van der Waals surface area contributed by atoms with Crippen LogP contribution in [-0.4, -0.2) is 62.1 Å². The van der Waals surface area contributed by atoms with Gasteiger partial charge in [0.25, 0.3) is 0 Å². The molecule has 0 aliphatic heterocycles. The van der Waals surface area contributed by atoms with Gasteiger partial charge in [0.2, 0.25) is 0 Å². The van der Waals surface area contributed by atoms with E-state index in [0.717, 1.165) is 75.2 Å². The predicted molar refractivity (Wildman–Crippen MR) is 132 cm³/mol. The normalized spacial score (nSPS) is 11.4. The molecule has 0 radical (unpaired) electrons. The van der Waals surface area contributed by atoms with Gasteiger partial charge in [0, 0.05) is 44.8 Å².